The second-order valence-electron chi connectivity index (χ2n) is 7.47. The second kappa shape index (κ2) is 14.7. The van der Waals surface area contributed by atoms with Crippen molar-refractivity contribution in [3.8, 4) is 5.75 Å². The van der Waals surface area contributed by atoms with Gasteiger partial charge in [0.2, 0.25) is 0 Å². The van der Waals surface area contributed by atoms with Gasteiger partial charge in [-0.3, -0.25) is 0 Å². The van der Waals surface area contributed by atoms with Crippen LogP contribution < -0.4 is 4.74 Å². The van der Waals surface area contributed by atoms with E-state index < -0.39 is 0 Å². The number of hydrogen-bond donors (Lipinski definition) is 0. The van der Waals surface area contributed by atoms with Crippen LogP contribution in [0.1, 0.15) is 86.3 Å². The SMILES string of the molecule is C=C(C)C(=C(C)C)C(/C(C(=C)C)=C(\C)C(=C)C)c1ccc(C)cc1OC.CC.CC. The Bertz CT molecular complexity index is 796. The van der Waals surface area contributed by atoms with Crippen LogP contribution in [0, 0.1) is 6.92 Å². The lowest BCUT2D eigenvalue weighted by molar-refractivity contribution is 0.408. The van der Waals surface area contributed by atoms with Gasteiger partial charge in [-0.25, -0.2) is 0 Å². The molecule has 0 saturated heterocycles. The van der Waals surface area contributed by atoms with E-state index in [1.54, 1.807) is 7.11 Å². The fourth-order valence-corrected chi connectivity index (χ4v) is 3.49. The summed E-state index contributed by atoms with van der Waals surface area (Å²) in [6.07, 6.45) is 0. The first kappa shape index (κ1) is 29.9. The molecule has 0 fully saturated rings. The number of allylic oxidation sites excluding steroid dienone is 7. The Balaban J connectivity index is 0. The highest BCUT2D eigenvalue weighted by atomic mass is 16.5. The standard InChI is InChI=1S/C25H34O.2C2H6/c1-15(2)20(10)24(18(7)8)25(23(16(3)4)17(5)6)21-13-12-19(9)14-22(21)26-11;2*1-2/h12-14,25H,1,3,7H2,2,4-6,8-11H3;2*1-2H3/b24-20+;;. The van der Waals surface area contributed by atoms with Crippen LogP contribution in [0.4, 0.5) is 0 Å². The molecule has 0 aliphatic carbocycles. The van der Waals surface area contributed by atoms with Gasteiger partial charge in [-0.2, -0.15) is 0 Å². The Hall–Kier alpha value is -2.28. The number of aryl methyl sites for hydroxylation is 1. The third-order valence-corrected chi connectivity index (χ3v) is 4.78. The summed E-state index contributed by atoms with van der Waals surface area (Å²) in [5, 5.41) is 0. The van der Waals surface area contributed by atoms with Gasteiger partial charge >= 0.3 is 0 Å². The van der Waals surface area contributed by atoms with Crippen molar-refractivity contribution in [1.82, 2.24) is 0 Å². The van der Waals surface area contributed by atoms with E-state index in [0.29, 0.717) is 0 Å². The molecule has 1 aromatic carbocycles. The lowest BCUT2D eigenvalue weighted by Gasteiger charge is -2.30. The number of benzene rings is 1. The van der Waals surface area contributed by atoms with Crippen LogP contribution in [0.15, 0.2) is 76.9 Å². The molecular formula is C29H46O. The van der Waals surface area contributed by atoms with Crippen LogP contribution in [0.2, 0.25) is 0 Å². The fourth-order valence-electron chi connectivity index (χ4n) is 3.49. The zero-order valence-electron chi connectivity index (χ0n) is 21.8. The van der Waals surface area contributed by atoms with Crippen LogP contribution in [0.25, 0.3) is 0 Å². The van der Waals surface area contributed by atoms with Crippen LogP contribution >= 0.6 is 0 Å². The van der Waals surface area contributed by atoms with E-state index in [-0.39, 0.29) is 5.92 Å². The molecule has 1 rings (SSSR count). The zero-order chi connectivity index (χ0) is 24.2. The molecule has 0 aromatic heterocycles. The number of rotatable bonds is 7. The molecule has 0 amide bonds. The minimum absolute atomic E-state index is 0.0160. The summed E-state index contributed by atoms with van der Waals surface area (Å²) in [6.45, 7) is 35.4. The monoisotopic (exact) mass is 410 g/mol. The lowest BCUT2D eigenvalue weighted by Crippen LogP contribution is -2.13. The lowest BCUT2D eigenvalue weighted by atomic mass is 9.75. The largest absolute Gasteiger partial charge is 0.496 e. The smallest absolute Gasteiger partial charge is 0.123 e. The molecule has 1 atom stereocenters. The van der Waals surface area contributed by atoms with E-state index in [2.05, 4.69) is 79.5 Å². The molecule has 1 unspecified atom stereocenters. The Morgan fingerprint density at radius 2 is 1.23 bits per heavy atom. The Morgan fingerprint density at radius 3 is 1.57 bits per heavy atom. The molecule has 1 nitrogen and oxygen atoms in total. The van der Waals surface area contributed by atoms with Crippen molar-refractivity contribution in [3.63, 3.8) is 0 Å². The van der Waals surface area contributed by atoms with E-state index in [9.17, 15) is 0 Å². The first-order valence-corrected chi connectivity index (χ1v) is 11.0. The van der Waals surface area contributed by atoms with Crippen molar-refractivity contribution in [2.45, 2.75) is 82.1 Å². The molecule has 30 heavy (non-hydrogen) atoms. The molecule has 0 aliphatic rings. The van der Waals surface area contributed by atoms with Crippen molar-refractivity contribution in [3.05, 3.63) is 88.1 Å². The fraction of sp³-hybridized carbons (Fsp3) is 0.448. The number of hydrogen-bond acceptors (Lipinski definition) is 1. The van der Waals surface area contributed by atoms with E-state index in [1.165, 1.54) is 27.9 Å². The maximum absolute atomic E-state index is 5.76. The van der Waals surface area contributed by atoms with Crippen LogP contribution in [-0.4, -0.2) is 7.11 Å². The summed E-state index contributed by atoms with van der Waals surface area (Å²) in [5.74, 6) is 0.908. The molecule has 0 saturated carbocycles. The van der Waals surface area contributed by atoms with E-state index in [4.69, 9.17) is 4.74 Å². The number of methoxy groups -OCH3 is 1. The molecule has 0 N–H and O–H groups in total. The van der Waals surface area contributed by atoms with E-state index >= 15 is 0 Å². The highest BCUT2D eigenvalue weighted by molar-refractivity contribution is 5.59. The predicted molar refractivity (Wildman–Crippen MR) is 139 cm³/mol. The highest BCUT2D eigenvalue weighted by Gasteiger charge is 2.28. The summed E-state index contributed by atoms with van der Waals surface area (Å²) >= 11 is 0. The quantitative estimate of drug-likeness (QED) is 0.406. The highest BCUT2D eigenvalue weighted by Crippen LogP contribution is 2.45. The van der Waals surface area contributed by atoms with Gasteiger partial charge in [-0.05, 0) is 76.8 Å². The van der Waals surface area contributed by atoms with Gasteiger partial charge in [0, 0.05) is 11.5 Å². The third kappa shape index (κ3) is 7.86. The maximum atomic E-state index is 5.76. The van der Waals surface area contributed by atoms with Crippen molar-refractivity contribution >= 4 is 0 Å². The van der Waals surface area contributed by atoms with Crippen molar-refractivity contribution in [1.29, 1.82) is 0 Å². The van der Waals surface area contributed by atoms with Crippen molar-refractivity contribution in [2.24, 2.45) is 0 Å². The minimum atomic E-state index is 0.0160. The van der Waals surface area contributed by atoms with Gasteiger partial charge in [0.05, 0.1) is 7.11 Å². The maximum Gasteiger partial charge on any atom is 0.123 e. The summed E-state index contributed by atoms with van der Waals surface area (Å²) in [6, 6.07) is 6.40. The molecular weight excluding hydrogens is 364 g/mol. The normalized spacial score (nSPS) is 11.5. The molecule has 0 aliphatic heterocycles. The zero-order valence-corrected chi connectivity index (χ0v) is 21.8. The predicted octanol–water partition coefficient (Wildman–Crippen LogP) is 9.52. The molecule has 0 bridgehead atoms. The molecule has 0 spiro atoms. The molecule has 0 radical (unpaired) electrons. The Kier molecular flexibility index (Phi) is 14.6. The average molecular weight is 411 g/mol. The Morgan fingerprint density at radius 1 is 0.767 bits per heavy atom. The molecule has 1 aromatic rings. The van der Waals surface area contributed by atoms with Crippen LogP contribution in [0.5, 0.6) is 5.75 Å². The average Bonchev–Trinajstić information content (AvgIpc) is 2.69. The van der Waals surface area contributed by atoms with Crippen LogP contribution in [0.3, 0.4) is 0 Å². The first-order valence-electron chi connectivity index (χ1n) is 11.0. The topological polar surface area (TPSA) is 9.23 Å². The Labute approximate surface area is 188 Å². The summed E-state index contributed by atoms with van der Waals surface area (Å²) in [4.78, 5) is 0. The van der Waals surface area contributed by atoms with Crippen LogP contribution in [-0.2, 0) is 0 Å². The minimum Gasteiger partial charge on any atom is -0.496 e. The summed E-state index contributed by atoms with van der Waals surface area (Å²) < 4.78 is 5.76. The van der Waals surface area contributed by atoms with Crippen molar-refractivity contribution < 1.29 is 4.74 Å². The number of ether oxygens (including phenoxy) is 1. The second-order valence-corrected chi connectivity index (χ2v) is 7.47. The van der Waals surface area contributed by atoms with Gasteiger partial charge in [-0.15, -0.1) is 0 Å². The van der Waals surface area contributed by atoms with Gasteiger partial charge in [0.15, 0.2) is 0 Å². The van der Waals surface area contributed by atoms with Crippen molar-refractivity contribution in [2.75, 3.05) is 7.11 Å². The van der Waals surface area contributed by atoms with E-state index in [0.717, 1.165) is 28.0 Å². The molecule has 0 heterocycles. The van der Waals surface area contributed by atoms with Gasteiger partial charge in [0.25, 0.3) is 0 Å². The van der Waals surface area contributed by atoms with Gasteiger partial charge < -0.3 is 4.74 Å². The molecule has 168 valence electrons. The molecule has 1 heteroatoms. The first-order chi connectivity index (χ1) is 14.0. The summed E-state index contributed by atoms with van der Waals surface area (Å²) in [7, 11) is 1.73. The van der Waals surface area contributed by atoms with Gasteiger partial charge in [0.1, 0.15) is 5.75 Å². The third-order valence-electron chi connectivity index (χ3n) is 4.78. The van der Waals surface area contributed by atoms with E-state index in [1.807, 2.05) is 34.6 Å². The van der Waals surface area contributed by atoms with Gasteiger partial charge in [-0.1, -0.05) is 81.9 Å². The summed E-state index contributed by atoms with van der Waals surface area (Å²) in [5.41, 5.74) is 10.3.